The predicted octanol–water partition coefficient (Wildman–Crippen LogP) is 3.37. The van der Waals surface area contributed by atoms with Gasteiger partial charge in [-0.25, -0.2) is 0 Å². The van der Waals surface area contributed by atoms with Crippen molar-refractivity contribution in [2.75, 3.05) is 7.05 Å². The Bertz CT molecular complexity index is 648. The number of hydrogen-bond donors (Lipinski definition) is 0. The van der Waals surface area contributed by atoms with Crippen LogP contribution in [0.4, 0.5) is 0 Å². The zero-order valence-corrected chi connectivity index (χ0v) is 12.7. The van der Waals surface area contributed by atoms with E-state index in [2.05, 4.69) is 37.0 Å². The molecule has 0 bridgehead atoms. The largest absolute Gasteiger partial charge is 0.338 e. The summed E-state index contributed by atoms with van der Waals surface area (Å²) in [5.41, 5.74) is 4.60. The minimum absolute atomic E-state index is 0.00760. The normalized spacial score (nSPS) is 10.8. The Morgan fingerprint density at radius 3 is 2.57 bits per heavy atom. The quantitative estimate of drug-likeness (QED) is 0.804. The van der Waals surface area contributed by atoms with E-state index >= 15 is 0 Å². The topological polar surface area (TPSA) is 33.2 Å². The van der Waals surface area contributed by atoms with Crippen LogP contribution in [0.1, 0.15) is 22.3 Å². The van der Waals surface area contributed by atoms with Crippen LogP contribution in [0.5, 0.6) is 0 Å². The van der Waals surface area contributed by atoms with Crippen LogP contribution in [0.25, 0.3) is 6.08 Å². The maximum absolute atomic E-state index is 12.1. The summed E-state index contributed by atoms with van der Waals surface area (Å²) in [7, 11) is 1.82. The first-order chi connectivity index (χ1) is 10.1. The van der Waals surface area contributed by atoms with Gasteiger partial charge in [-0.2, -0.15) is 0 Å². The Balaban J connectivity index is 2.01. The molecule has 0 aliphatic carbocycles. The Labute approximate surface area is 125 Å². The van der Waals surface area contributed by atoms with Crippen molar-refractivity contribution in [2.24, 2.45) is 0 Å². The van der Waals surface area contributed by atoms with Crippen LogP contribution in [0, 0.1) is 13.8 Å². The Hall–Kier alpha value is -2.42. The zero-order valence-electron chi connectivity index (χ0n) is 12.7. The number of nitrogens with zero attached hydrogens (tertiary/aromatic N) is 2. The van der Waals surface area contributed by atoms with Crippen LogP contribution in [0.15, 0.2) is 48.8 Å². The minimum Gasteiger partial charge on any atom is -0.338 e. The molecule has 2 rings (SSSR count). The second kappa shape index (κ2) is 6.84. The predicted molar refractivity (Wildman–Crippen MR) is 85.7 cm³/mol. The lowest BCUT2D eigenvalue weighted by Gasteiger charge is -2.17. The molecule has 0 N–H and O–H groups in total. The summed E-state index contributed by atoms with van der Waals surface area (Å²) >= 11 is 0. The number of carbonyl (C=O) groups excluding carboxylic acids is 1. The number of pyridine rings is 1. The maximum atomic E-state index is 12.1. The molecule has 0 spiro atoms. The molecule has 0 unspecified atom stereocenters. The van der Waals surface area contributed by atoms with E-state index < -0.39 is 0 Å². The van der Waals surface area contributed by atoms with Crippen LogP contribution in [0.2, 0.25) is 0 Å². The molecule has 1 heterocycles. The van der Waals surface area contributed by atoms with Gasteiger partial charge in [0.05, 0.1) is 0 Å². The molecule has 0 radical (unpaired) electrons. The number of aryl methyl sites for hydroxylation is 2. The van der Waals surface area contributed by atoms with Crippen molar-refractivity contribution in [1.82, 2.24) is 9.88 Å². The molecule has 2 aromatic rings. The van der Waals surface area contributed by atoms with Gasteiger partial charge >= 0.3 is 0 Å². The first-order valence-electron chi connectivity index (χ1n) is 6.95. The SMILES string of the molecule is Cc1ccc(CN(C)C(=O)/C=C/c2ccncc2)c(C)c1. The van der Waals surface area contributed by atoms with E-state index in [0.29, 0.717) is 6.54 Å². The van der Waals surface area contributed by atoms with E-state index in [0.717, 1.165) is 5.56 Å². The smallest absolute Gasteiger partial charge is 0.246 e. The van der Waals surface area contributed by atoms with Gasteiger partial charge in [-0.05, 0) is 48.7 Å². The van der Waals surface area contributed by atoms with E-state index in [9.17, 15) is 4.79 Å². The van der Waals surface area contributed by atoms with Crippen molar-refractivity contribution < 1.29 is 4.79 Å². The Morgan fingerprint density at radius 2 is 1.90 bits per heavy atom. The summed E-state index contributed by atoms with van der Waals surface area (Å²) in [6.45, 7) is 4.77. The van der Waals surface area contributed by atoms with Gasteiger partial charge in [-0.1, -0.05) is 23.8 Å². The second-order valence-electron chi connectivity index (χ2n) is 5.24. The van der Waals surface area contributed by atoms with Crippen molar-refractivity contribution in [3.8, 4) is 0 Å². The molecule has 0 saturated heterocycles. The van der Waals surface area contributed by atoms with Crippen molar-refractivity contribution >= 4 is 12.0 Å². The van der Waals surface area contributed by atoms with Crippen molar-refractivity contribution in [1.29, 1.82) is 0 Å². The fraction of sp³-hybridized carbons (Fsp3) is 0.222. The second-order valence-corrected chi connectivity index (χ2v) is 5.24. The molecular formula is C18H20N2O. The molecule has 3 heteroatoms. The van der Waals surface area contributed by atoms with E-state index in [1.807, 2.05) is 25.3 Å². The molecule has 1 aromatic carbocycles. The van der Waals surface area contributed by atoms with Gasteiger partial charge in [0.2, 0.25) is 5.91 Å². The Kier molecular flexibility index (Phi) is 4.88. The molecule has 0 fully saturated rings. The molecule has 0 aliphatic rings. The lowest BCUT2D eigenvalue weighted by atomic mass is 10.1. The summed E-state index contributed by atoms with van der Waals surface area (Å²) in [6, 6.07) is 10.0. The van der Waals surface area contributed by atoms with Gasteiger partial charge in [0, 0.05) is 32.1 Å². The number of carbonyl (C=O) groups is 1. The van der Waals surface area contributed by atoms with Crippen LogP contribution < -0.4 is 0 Å². The monoisotopic (exact) mass is 280 g/mol. The van der Waals surface area contributed by atoms with Gasteiger partial charge in [0.1, 0.15) is 0 Å². The third-order valence-corrected chi connectivity index (χ3v) is 3.41. The standard InChI is InChI=1S/C18H20N2O/c1-14-4-6-17(15(2)12-14)13-20(3)18(21)7-5-16-8-10-19-11-9-16/h4-12H,13H2,1-3H3/b7-5+. The molecule has 0 atom stereocenters. The molecule has 0 aliphatic heterocycles. The number of hydrogen-bond acceptors (Lipinski definition) is 2. The molecule has 0 saturated carbocycles. The van der Waals surface area contributed by atoms with Crippen molar-refractivity contribution in [3.05, 3.63) is 71.1 Å². The third kappa shape index (κ3) is 4.28. The fourth-order valence-electron chi connectivity index (χ4n) is 2.13. The van der Waals surface area contributed by atoms with Crippen LogP contribution in [-0.4, -0.2) is 22.8 Å². The van der Waals surface area contributed by atoms with Gasteiger partial charge in [-0.15, -0.1) is 0 Å². The number of benzene rings is 1. The van der Waals surface area contributed by atoms with Crippen LogP contribution in [0.3, 0.4) is 0 Å². The van der Waals surface area contributed by atoms with Gasteiger partial charge < -0.3 is 4.90 Å². The van der Waals surface area contributed by atoms with E-state index in [1.165, 1.54) is 16.7 Å². The summed E-state index contributed by atoms with van der Waals surface area (Å²) in [5, 5.41) is 0. The maximum Gasteiger partial charge on any atom is 0.246 e. The number of likely N-dealkylation sites (N-methyl/N-ethyl adjacent to an activating group) is 1. The van der Waals surface area contributed by atoms with Gasteiger partial charge in [0.15, 0.2) is 0 Å². The van der Waals surface area contributed by atoms with E-state index in [1.54, 1.807) is 23.4 Å². The molecule has 3 nitrogen and oxygen atoms in total. The molecule has 1 amide bonds. The zero-order chi connectivity index (χ0) is 15.2. The first kappa shape index (κ1) is 15.0. The number of aromatic nitrogens is 1. The average Bonchev–Trinajstić information content (AvgIpc) is 2.48. The highest BCUT2D eigenvalue weighted by Crippen LogP contribution is 2.13. The van der Waals surface area contributed by atoms with Crippen molar-refractivity contribution in [3.63, 3.8) is 0 Å². The van der Waals surface area contributed by atoms with E-state index in [4.69, 9.17) is 0 Å². The third-order valence-electron chi connectivity index (χ3n) is 3.41. The lowest BCUT2D eigenvalue weighted by Crippen LogP contribution is -2.24. The highest BCUT2D eigenvalue weighted by Gasteiger charge is 2.07. The summed E-state index contributed by atoms with van der Waals surface area (Å²) < 4.78 is 0. The molecule has 108 valence electrons. The van der Waals surface area contributed by atoms with Gasteiger partial charge in [0.25, 0.3) is 0 Å². The van der Waals surface area contributed by atoms with Crippen molar-refractivity contribution in [2.45, 2.75) is 20.4 Å². The molecule has 21 heavy (non-hydrogen) atoms. The average molecular weight is 280 g/mol. The Morgan fingerprint density at radius 1 is 1.19 bits per heavy atom. The fourth-order valence-corrected chi connectivity index (χ4v) is 2.13. The minimum atomic E-state index is -0.00760. The summed E-state index contributed by atoms with van der Waals surface area (Å²) in [6.07, 6.45) is 6.83. The summed E-state index contributed by atoms with van der Waals surface area (Å²) in [5.74, 6) is -0.00760. The number of amides is 1. The summed E-state index contributed by atoms with van der Waals surface area (Å²) in [4.78, 5) is 17.8. The highest BCUT2D eigenvalue weighted by molar-refractivity contribution is 5.91. The highest BCUT2D eigenvalue weighted by atomic mass is 16.2. The molecular weight excluding hydrogens is 260 g/mol. The van der Waals surface area contributed by atoms with Crippen LogP contribution >= 0.6 is 0 Å². The van der Waals surface area contributed by atoms with Gasteiger partial charge in [-0.3, -0.25) is 9.78 Å². The molecule has 1 aromatic heterocycles. The van der Waals surface area contributed by atoms with Crippen LogP contribution in [-0.2, 0) is 11.3 Å². The van der Waals surface area contributed by atoms with E-state index in [-0.39, 0.29) is 5.91 Å². The lowest BCUT2D eigenvalue weighted by molar-refractivity contribution is -0.125. The number of rotatable bonds is 4. The first-order valence-corrected chi connectivity index (χ1v) is 6.95.